The molecule has 0 radical (unpaired) electrons. The third-order valence-corrected chi connectivity index (χ3v) is 4.89. The third-order valence-electron chi connectivity index (χ3n) is 3.98. The summed E-state index contributed by atoms with van der Waals surface area (Å²) in [4.78, 5) is 35.9. The predicted molar refractivity (Wildman–Crippen MR) is 89.9 cm³/mol. The zero-order chi connectivity index (χ0) is 17.3. The summed E-state index contributed by atoms with van der Waals surface area (Å²) < 4.78 is 5.67. The van der Waals surface area contributed by atoms with Gasteiger partial charge in [-0.25, -0.2) is 0 Å². The quantitative estimate of drug-likeness (QED) is 0.825. The van der Waals surface area contributed by atoms with E-state index in [1.54, 1.807) is 6.08 Å². The number of carbonyl (C=O) groups is 3. The molecule has 0 atom stereocenters. The van der Waals surface area contributed by atoms with Gasteiger partial charge >= 0.3 is 5.97 Å². The summed E-state index contributed by atoms with van der Waals surface area (Å²) in [5.41, 5.74) is 3.24. The van der Waals surface area contributed by atoms with Crippen LogP contribution in [0.4, 0.5) is 4.79 Å². The number of aliphatic carboxylic acids is 1. The summed E-state index contributed by atoms with van der Waals surface area (Å²) in [6.07, 6.45) is 4.73. The van der Waals surface area contributed by atoms with Crippen molar-refractivity contribution in [3.05, 3.63) is 33.7 Å². The zero-order valence-corrected chi connectivity index (χ0v) is 14.0. The van der Waals surface area contributed by atoms with Crippen molar-refractivity contribution in [1.82, 2.24) is 4.90 Å². The molecule has 1 fully saturated rings. The fourth-order valence-corrected chi connectivity index (χ4v) is 3.76. The number of imide groups is 1. The lowest BCUT2D eigenvalue weighted by molar-refractivity contribution is -0.140. The first-order chi connectivity index (χ1) is 11.5. The molecule has 1 saturated heterocycles. The number of aryl methyl sites for hydroxylation is 2. The van der Waals surface area contributed by atoms with E-state index in [1.165, 1.54) is 11.1 Å². The molecule has 1 aromatic rings. The van der Waals surface area contributed by atoms with Gasteiger partial charge in [-0.3, -0.25) is 19.3 Å². The van der Waals surface area contributed by atoms with Crippen LogP contribution in [0.1, 0.15) is 30.0 Å². The number of hydrogen-bond donors (Lipinski definition) is 1. The summed E-state index contributed by atoms with van der Waals surface area (Å²) in [5, 5.41) is 8.25. The average molecular weight is 347 g/mol. The van der Waals surface area contributed by atoms with Gasteiger partial charge in [0.25, 0.3) is 11.1 Å². The largest absolute Gasteiger partial charge is 0.493 e. The number of hydrogen-bond acceptors (Lipinski definition) is 5. The Hall–Kier alpha value is -2.28. The van der Waals surface area contributed by atoms with E-state index in [0.29, 0.717) is 12.4 Å². The number of amides is 2. The van der Waals surface area contributed by atoms with Crippen LogP contribution in [0.25, 0.3) is 6.08 Å². The van der Waals surface area contributed by atoms with Gasteiger partial charge in [-0.2, -0.15) is 0 Å². The van der Waals surface area contributed by atoms with E-state index in [9.17, 15) is 14.4 Å². The minimum absolute atomic E-state index is 0.222. The lowest BCUT2D eigenvalue weighted by Gasteiger charge is -2.11. The highest BCUT2D eigenvalue weighted by atomic mass is 32.2. The van der Waals surface area contributed by atoms with Crippen LogP contribution in [0.3, 0.4) is 0 Å². The molecule has 0 spiro atoms. The number of benzene rings is 1. The van der Waals surface area contributed by atoms with E-state index in [2.05, 4.69) is 0 Å². The van der Waals surface area contributed by atoms with Crippen LogP contribution in [-0.4, -0.2) is 40.3 Å². The first kappa shape index (κ1) is 16.6. The van der Waals surface area contributed by atoms with Crippen LogP contribution in [0.2, 0.25) is 0 Å². The Morgan fingerprint density at radius 3 is 2.71 bits per heavy atom. The van der Waals surface area contributed by atoms with Gasteiger partial charge in [0.1, 0.15) is 12.3 Å². The van der Waals surface area contributed by atoms with Gasteiger partial charge < -0.3 is 9.84 Å². The fraction of sp³-hybridized carbons (Fsp3) is 0.353. The van der Waals surface area contributed by atoms with E-state index >= 15 is 0 Å². The van der Waals surface area contributed by atoms with Gasteiger partial charge in [0.05, 0.1) is 11.5 Å². The molecule has 7 heteroatoms. The fourth-order valence-electron chi connectivity index (χ4n) is 2.93. The maximum absolute atomic E-state index is 12.3. The molecule has 0 unspecified atom stereocenters. The summed E-state index contributed by atoms with van der Waals surface area (Å²) in [7, 11) is 0. The summed E-state index contributed by atoms with van der Waals surface area (Å²) in [5.74, 6) is -1.11. The standard InChI is InChI=1S/C17H17NO5S/c1-2-23-13-7-11-5-3-4-10(11)6-12(13)8-14-16(21)18(9-15(19)20)17(22)24-14/h6-8H,2-5,9H2,1H3,(H,19,20)/b14-8+. The maximum atomic E-state index is 12.3. The van der Waals surface area contributed by atoms with Crippen LogP contribution >= 0.6 is 11.8 Å². The Kier molecular flexibility index (Phi) is 4.62. The van der Waals surface area contributed by atoms with Gasteiger partial charge in [-0.1, -0.05) is 0 Å². The van der Waals surface area contributed by atoms with Crippen molar-refractivity contribution in [3.63, 3.8) is 0 Å². The molecule has 1 aliphatic heterocycles. The lowest BCUT2D eigenvalue weighted by Crippen LogP contribution is -2.33. The third kappa shape index (κ3) is 3.17. The van der Waals surface area contributed by atoms with Gasteiger partial charge in [0.2, 0.25) is 0 Å². The Morgan fingerprint density at radius 2 is 2.04 bits per heavy atom. The van der Waals surface area contributed by atoms with E-state index in [0.717, 1.165) is 41.5 Å². The van der Waals surface area contributed by atoms with Crippen molar-refractivity contribution in [2.24, 2.45) is 0 Å². The Bertz CT molecular complexity index is 756. The number of thioether (sulfide) groups is 1. The second kappa shape index (κ2) is 6.68. The van der Waals surface area contributed by atoms with Crippen LogP contribution in [-0.2, 0) is 22.4 Å². The molecule has 0 saturated carbocycles. The normalized spacial score (nSPS) is 18.4. The van der Waals surface area contributed by atoms with E-state index in [-0.39, 0.29) is 4.91 Å². The number of rotatable bonds is 5. The summed E-state index contributed by atoms with van der Waals surface area (Å²) >= 11 is 0.758. The smallest absolute Gasteiger partial charge is 0.323 e. The molecule has 126 valence electrons. The number of carboxylic acid groups (broad SMARTS) is 1. The molecule has 1 aliphatic carbocycles. The number of nitrogens with zero attached hydrogens (tertiary/aromatic N) is 1. The minimum atomic E-state index is -1.22. The molecular formula is C17H17NO5S. The molecule has 2 amide bonds. The monoisotopic (exact) mass is 347 g/mol. The molecule has 0 aromatic heterocycles. The summed E-state index contributed by atoms with van der Waals surface area (Å²) in [6.45, 7) is 1.77. The number of carboxylic acids is 1. The SMILES string of the molecule is CCOc1cc2c(cc1/C=C1/SC(=O)N(CC(=O)O)C1=O)CCC2. The maximum Gasteiger partial charge on any atom is 0.323 e. The van der Waals surface area contributed by atoms with Gasteiger partial charge in [0.15, 0.2) is 0 Å². The van der Waals surface area contributed by atoms with E-state index in [4.69, 9.17) is 9.84 Å². The molecule has 2 aliphatic rings. The van der Waals surface area contributed by atoms with Crippen LogP contribution in [0, 0.1) is 0 Å². The van der Waals surface area contributed by atoms with Crippen LogP contribution in [0.15, 0.2) is 17.0 Å². The van der Waals surface area contributed by atoms with Crippen molar-refractivity contribution in [1.29, 1.82) is 0 Å². The Morgan fingerprint density at radius 1 is 1.33 bits per heavy atom. The van der Waals surface area contributed by atoms with Crippen molar-refractivity contribution >= 4 is 35.0 Å². The van der Waals surface area contributed by atoms with Crippen LogP contribution in [0.5, 0.6) is 5.75 Å². The topological polar surface area (TPSA) is 83.9 Å². The minimum Gasteiger partial charge on any atom is -0.493 e. The molecule has 1 N–H and O–H groups in total. The molecule has 3 rings (SSSR count). The van der Waals surface area contributed by atoms with Crippen LogP contribution < -0.4 is 4.74 Å². The number of fused-ring (bicyclic) bond motifs is 1. The average Bonchev–Trinajstić information content (AvgIpc) is 3.07. The van der Waals surface area contributed by atoms with Crippen molar-refractivity contribution in [2.45, 2.75) is 26.2 Å². The molecular weight excluding hydrogens is 330 g/mol. The van der Waals surface area contributed by atoms with Gasteiger partial charge in [-0.15, -0.1) is 0 Å². The Labute approximate surface area is 143 Å². The van der Waals surface area contributed by atoms with Gasteiger partial charge in [-0.05, 0) is 67.3 Å². The van der Waals surface area contributed by atoms with E-state index < -0.39 is 23.7 Å². The second-order valence-electron chi connectivity index (χ2n) is 5.61. The number of carbonyl (C=O) groups excluding carboxylic acids is 2. The first-order valence-corrected chi connectivity index (χ1v) is 8.57. The lowest BCUT2D eigenvalue weighted by atomic mass is 10.0. The van der Waals surface area contributed by atoms with Crippen molar-refractivity contribution in [3.8, 4) is 5.75 Å². The molecule has 6 nitrogen and oxygen atoms in total. The van der Waals surface area contributed by atoms with E-state index in [1.807, 2.05) is 19.1 Å². The highest BCUT2D eigenvalue weighted by Gasteiger charge is 2.36. The molecule has 1 aromatic carbocycles. The number of ether oxygens (including phenoxy) is 1. The predicted octanol–water partition coefficient (Wildman–Crippen LogP) is 2.69. The van der Waals surface area contributed by atoms with Crippen molar-refractivity contribution < 1.29 is 24.2 Å². The highest BCUT2D eigenvalue weighted by Crippen LogP contribution is 2.36. The van der Waals surface area contributed by atoms with Crippen molar-refractivity contribution in [2.75, 3.05) is 13.2 Å². The molecule has 24 heavy (non-hydrogen) atoms. The zero-order valence-electron chi connectivity index (χ0n) is 13.2. The summed E-state index contributed by atoms with van der Waals surface area (Å²) in [6, 6.07) is 4.00. The highest BCUT2D eigenvalue weighted by molar-refractivity contribution is 8.18. The first-order valence-electron chi connectivity index (χ1n) is 7.75. The molecule has 0 bridgehead atoms. The van der Waals surface area contributed by atoms with Gasteiger partial charge in [0, 0.05) is 5.56 Å². The second-order valence-corrected chi connectivity index (χ2v) is 6.60. The molecule has 1 heterocycles. The Balaban J connectivity index is 1.95.